The summed E-state index contributed by atoms with van der Waals surface area (Å²) in [6.45, 7) is 0. The summed E-state index contributed by atoms with van der Waals surface area (Å²) in [6, 6.07) is 8.75. The van der Waals surface area contributed by atoms with E-state index in [1.165, 1.54) is 6.20 Å². The summed E-state index contributed by atoms with van der Waals surface area (Å²) in [5.41, 5.74) is 0.502. The molecule has 0 aliphatic heterocycles. The fourth-order valence-corrected chi connectivity index (χ4v) is 0.996. The van der Waals surface area contributed by atoms with Gasteiger partial charge in [-0.1, -0.05) is 18.2 Å². The lowest BCUT2D eigenvalue weighted by Gasteiger charge is -1.99. The Labute approximate surface area is 80.5 Å². The molecule has 0 bridgehead atoms. The molecule has 0 unspecified atom stereocenters. The second-order valence-corrected chi connectivity index (χ2v) is 2.62. The molecule has 0 saturated heterocycles. The largest absolute Gasteiger partial charge is 0.419 e. The minimum Gasteiger partial charge on any atom is -0.419 e. The number of nitrogens with zero attached hydrogens (tertiary/aromatic N) is 1. The van der Waals surface area contributed by atoms with Crippen LogP contribution < -0.4 is 4.74 Å². The maximum Gasteiger partial charge on any atom is 0.343 e. The molecule has 1 radical (unpaired) electrons. The molecule has 14 heavy (non-hydrogen) atoms. The Kier molecular flexibility index (Phi) is 2.27. The number of carbonyl (C=O) groups excluding carboxylic acids is 1. The Morgan fingerprint density at radius 1 is 1.36 bits per heavy atom. The van der Waals surface area contributed by atoms with Gasteiger partial charge in [0.15, 0.2) is 11.9 Å². The van der Waals surface area contributed by atoms with Crippen molar-refractivity contribution in [1.29, 1.82) is 0 Å². The molecule has 0 amide bonds. The smallest absolute Gasteiger partial charge is 0.343 e. The van der Waals surface area contributed by atoms with Crippen molar-refractivity contribution >= 4 is 5.97 Å². The van der Waals surface area contributed by atoms with Gasteiger partial charge in [-0.15, -0.1) is 0 Å². The summed E-state index contributed by atoms with van der Waals surface area (Å²) in [6.07, 6.45) is 3.95. The molecule has 4 nitrogen and oxygen atoms in total. The highest BCUT2D eigenvalue weighted by atomic mass is 16.5. The van der Waals surface area contributed by atoms with Crippen LogP contribution >= 0.6 is 0 Å². The van der Waals surface area contributed by atoms with Crippen molar-refractivity contribution in [2.24, 2.45) is 0 Å². The van der Waals surface area contributed by atoms with E-state index in [4.69, 9.17) is 4.74 Å². The first kappa shape index (κ1) is 8.50. The third-order valence-corrected chi connectivity index (χ3v) is 1.64. The predicted octanol–water partition coefficient (Wildman–Crippen LogP) is 1.43. The van der Waals surface area contributed by atoms with Crippen molar-refractivity contribution in [2.45, 2.75) is 0 Å². The van der Waals surface area contributed by atoms with Crippen LogP contribution in [0.4, 0.5) is 0 Å². The Balaban J connectivity index is 2.11. The molecule has 1 aromatic carbocycles. The van der Waals surface area contributed by atoms with E-state index in [1.54, 1.807) is 24.3 Å². The molecule has 1 aromatic heterocycles. The molecule has 0 fully saturated rings. The number of hydrogen-bond donors (Lipinski definition) is 1. The van der Waals surface area contributed by atoms with E-state index in [2.05, 4.69) is 16.4 Å². The Bertz CT molecular complexity index is 409. The van der Waals surface area contributed by atoms with E-state index in [9.17, 15) is 4.79 Å². The molecule has 69 valence electrons. The summed E-state index contributed by atoms with van der Waals surface area (Å²) >= 11 is 0. The number of H-pyrrole nitrogens is 1. The van der Waals surface area contributed by atoms with E-state index in [0.717, 1.165) is 0 Å². The van der Waals surface area contributed by atoms with E-state index >= 15 is 0 Å². The van der Waals surface area contributed by atoms with Gasteiger partial charge in [-0.3, -0.25) is 5.10 Å². The molecule has 4 heteroatoms. The highest BCUT2D eigenvalue weighted by molar-refractivity contribution is 5.90. The van der Waals surface area contributed by atoms with Crippen LogP contribution in [0.15, 0.2) is 36.5 Å². The van der Waals surface area contributed by atoms with Crippen LogP contribution in [0.5, 0.6) is 5.75 Å². The topological polar surface area (TPSA) is 55.0 Å². The van der Waals surface area contributed by atoms with Crippen molar-refractivity contribution in [3.8, 4) is 5.75 Å². The first-order valence-corrected chi connectivity index (χ1v) is 4.05. The van der Waals surface area contributed by atoms with Crippen molar-refractivity contribution < 1.29 is 9.53 Å². The Morgan fingerprint density at radius 3 is 2.79 bits per heavy atom. The van der Waals surface area contributed by atoms with E-state index in [-0.39, 0.29) is 0 Å². The Hall–Kier alpha value is -2.10. The summed E-state index contributed by atoms with van der Waals surface area (Å²) in [5.74, 6) is -0.123. The van der Waals surface area contributed by atoms with Gasteiger partial charge < -0.3 is 4.74 Å². The lowest BCUT2D eigenvalue weighted by molar-refractivity contribution is 0.0734. The molecular weight excluding hydrogens is 180 g/mol. The number of benzene rings is 1. The fraction of sp³-hybridized carbons (Fsp3) is 0. The van der Waals surface area contributed by atoms with E-state index in [0.29, 0.717) is 11.3 Å². The van der Waals surface area contributed by atoms with Crippen molar-refractivity contribution in [3.63, 3.8) is 0 Å². The standard InChI is InChI=1S/C10H7N2O2/c13-10(8-4-2-1-3-5-8)14-9-6-11-12-7-9/h1-6H,(H,11,12). The molecule has 0 saturated carbocycles. The number of nitrogens with one attached hydrogen (secondary N) is 1. The van der Waals surface area contributed by atoms with Gasteiger partial charge in [0.2, 0.25) is 0 Å². The highest BCUT2D eigenvalue weighted by Crippen LogP contribution is 2.08. The fourth-order valence-electron chi connectivity index (χ4n) is 0.996. The zero-order valence-corrected chi connectivity index (χ0v) is 7.23. The van der Waals surface area contributed by atoms with Gasteiger partial charge in [0.1, 0.15) is 0 Å². The molecule has 0 atom stereocenters. The molecule has 2 aromatic rings. The molecular formula is C10H7N2O2. The lowest BCUT2D eigenvalue weighted by atomic mass is 10.2. The van der Waals surface area contributed by atoms with E-state index in [1.807, 2.05) is 6.07 Å². The van der Waals surface area contributed by atoms with Crippen molar-refractivity contribution in [1.82, 2.24) is 10.2 Å². The lowest BCUT2D eigenvalue weighted by Crippen LogP contribution is -2.07. The third kappa shape index (κ3) is 1.80. The summed E-state index contributed by atoms with van der Waals surface area (Å²) < 4.78 is 4.95. The van der Waals surface area contributed by atoms with E-state index < -0.39 is 5.97 Å². The minimum atomic E-state index is -0.414. The quantitative estimate of drug-likeness (QED) is 0.723. The van der Waals surface area contributed by atoms with Crippen molar-refractivity contribution in [2.75, 3.05) is 0 Å². The SMILES string of the molecule is O=C(Oc1[c]n[nH]c1)c1ccccc1. The molecule has 2 rings (SSSR count). The zero-order valence-electron chi connectivity index (χ0n) is 7.23. The molecule has 0 spiro atoms. The number of esters is 1. The van der Waals surface area contributed by atoms with Gasteiger partial charge in [-0.2, -0.15) is 5.10 Å². The van der Waals surface area contributed by atoms with Crippen molar-refractivity contribution in [3.05, 3.63) is 48.3 Å². The normalized spacial score (nSPS) is 9.71. The average Bonchev–Trinajstić information content (AvgIpc) is 2.72. The maximum absolute atomic E-state index is 11.4. The second-order valence-electron chi connectivity index (χ2n) is 2.62. The van der Waals surface area contributed by atoms with Gasteiger partial charge >= 0.3 is 5.97 Å². The monoisotopic (exact) mass is 187 g/mol. The van der Waals surface area contributed by atoms with Gasteiger partial charge in [0.25, 0.3) is 0 Å². The average molecular weight is 187 g/mol. The first-order valence-electron chi connectivity index (χ1n) is 4.05. The third-order valence-electron chi connectivity index (χ3n) is 1.64. The number of aromatic nitrogens is 2. The second kappa shape index (κ2) is 3.74. The van der Waals surface area contributed by atoms with Crippen LogP contribution in [0.2, 0.25) is 0 Å². The molecule has 0 aliphatic rings. The molecule has 0 aliphatic carbocycles. The van der Waals surface area contributed by atoms with Crippen LogP contribution in [0.3, 0.4) is 0 Å². The van der Waals surface area contributed by atoms with Crippen LogP contribution in [0.25, 0.3) is 0 Å². The Morgan fingerprint density at radius 2 is 2.14 bits per heavy atom. The van der Waals surface area contributed by atoms with Crippen LogP contribution in [0, 0.1) is 6.20 Å². The number of carbonyl (C=O) groups is 1. The number of aromatic amines is 1. The maximum atomic E-state index is 11.4. The zero-order chi connectivity index (χ0) is 9.80. The van der Waals surface area contributed by atoms with Gasteiger partial charge in [0, 0.05) is 0 Å². The van der Waals surface area contributed by atoms with Gasteiger partial charge in [-0.05, 0) is 12.1 Å². The summed E-state index contributed by atoms with van der Waals surface area (Å²) in [7, 11) is 0. The first-order chi connectivity index (χ1) is 6.86. The summed E-state index contributed by atoms with van der Waals surface area (Å²) in [5, 5.41) is 6.05. The van der Waals surface area contributed by atoms with Gasteiger partial charge in [-0.25, -0.2) is 4.79 Å². The molecule has 1 heterocycles. The van der Waals surface area contributed by atoms with Crippen LogP contribution in [0.1, 0.15) is 10.4 Å². The minimum absolute atomic E-state index is 0.291. The van der Waals surface area contributed by atoms with Crippen LogP contribution in [-0.2, 0) is 0 Å². The van der Waals surface area contributed by atoms with Gasteiger partial charge in [0.05, 0.1) is 11.8 Å². The number of rotatable bonds is 2. The van der Waals surface area contributed by atoms with Crippen LogP contribution in [-0.4, -0.2) is 16.2 Å². The number of hydrogen-bond acceptors (Lipinski definition) is 3. The molecule has 1 N–H and O–H groups in total. The predicted molar refractivity (Wildman–Crippen MR) is 48.8 cm³/mol. The summed E-state index contributed by atoms with van der Waals surface area (Å²) in [4.78, 5) is 11.4. The highest BCUT2D eigenvalue weighted by Gasteiger charge is 2.07. The number of ether oxygens (including phenoxy) is 1.